The van der Waals surface area contributed by atoms with Crippen LogP contribution in [0.1, 0.15) is 5.56 Å². The number of nitrogens with two attached hydrogens (primary N) is 2. The van der Waals surface area contributed by atoms with Crippen molar-refractivity contribution < 1.29 is 5.11 Å². The highest BCUT2D eigenvalue weighted by Gasteiger charge is 1.99. The monoisotopic (exact) mass is 150 g/mol. The van der Waals surface area contributed by atoms with Crippen LogP contribution in [0.15, 0.2) is 30.5 Å². The number of aromatic hydroxyl groups is 1. The minimum Gasteiger partial charge on any atom is -0.507 e. The van der Waals surface area contributed by atoms with Crippen molar-refractivity contribution in [3.05, 3.63) is 36.0 Å². The molecule has 3 heteroatoms. The van der Waals surface area contributed by atoms with E-state index in [0.29, 0.717) is 11.3 Å². The summed E-state index contributed by atoms with van der Waals surface area (Å²) in [5.74, 6) is 0.145. The molecule has 0 aliphatic rings. The molecule has 1 aromatic rings. The van der Waals surface area contributed by atoms with E-state index in [0.717, 1.165) is 0 Å². The molecule has 0 saturated carbocycles. The molecule has 0 fully saturated rings. The van der Waals surface area contributed by atoms with Gasteiger partial charge in [-0.15, -0.1) is 0 Å². The molecular formula is C8H10N2O. The summed E-state index contributed by atoms with van der Waals surface area (Å²) >= 11 is 0. The second kappa shape index (κ2) is 2.96. The van der Waals surface area contributed by atoms with E-state index in [4.69, 9.17) is 11.5 Å². The Kier molecular flexibility index (Phi) is 2.01. The third kappa shape index (κ3) is 1.43. The van der Waals surface area contributed by atoms with Gasteiger partial charge in [-0.25, -0.2) is 0 Å². The van der Waals surface area contributed by atoms with E-state index in [9.17, 15) is 5.11 Å². The molecule has 0 spiro atoms. The third-order valence-electron chi connectivity index (χ3n) is 1.39. The van der Waals surface area contributed by atoms with Crippen molar-refractivity contribution in [3.63, 3.8) is 0 Å². The molecule has 0 unspecified atom stereocenters. The van der Waals surface area contributed by atoms with Crippen LogP contribution in [0.5, 0.6) is 5.75 Å². The Morgan fingerprint density at radius 2 is 2.00 bits per heavy atom. The largest absolute Gasteiger partial charge is 0.507 e. The smallest absolute Gasteiger partial charge is 0.124 e. The van der Waals surface area contributed by atoms with Gasteiger partial charge in [0, 0.05) is 11.8 Å². The van der Waals surface area contributed by atoms with Crippen LogP contribution in [0.25, 0.3) is 5.70 Å². The Balaban J connectivity index is 3.14. The van der Waals surface area contributed by atoms with Gasteiger partial charge in [0.1, 0.15) is 5.75 Å². The number of hydrogen-bond acceptors (Lipinski definition) is 3. The SMILES string of the molecule is N/C=C(\N)c1ccccc1O. The first-order chi connectivity index (χ1) is 5.25. The average molecular weight is 150 g/mol. The summed E-state index contributed by atoms with van der Waals surface area (Å²) in [6.07, 6.45) is 1.26. The Morgan fingerprint density at radius 1 is 1.36 bits per heavy atom. The molecule has 0 aliphatic heterocycles. The molecule has 0 bridgehead atoms. The maximum atomic E-state index is 9.24. The van der Waals surface area contributed by atoms with Gasteiger partial charge < -0.3 is 16.6 Å². The highest BCUT2D eigenvalue weighted by atomic mass is 16.3. The zero-order valence-electron chi connectivity index (χ0n) is 5.99. The highest BCUT2D eigenvalue weighted by Crippen LogP contribution is 2.19. The van der Waals surface area contributed by atoms with Crippen molar-refractivity contribution in [2.45, 2.75) is 0 Å². The summed E-state index contributed by atoms with van der Waals surface area (Å²) in [5, 5.41) is 9.24. The van der Waals surface area contributed by atoms with Crippen LogP contribution < -0.4 is 11.5 Å². The molecular weight excluding hydrogens is 140 g/mol. The molecule has 0 aliphatic carbocycles. The standard InChI is InChI=1S/C8H10N2O/c9-5-7(10)6-3-1-2-4-8(6)11/h1-5,11H,9-10H2/b7-5-. The molecule has 0 aromatic heterocycles. The van der Waals surface area contributed by atoms with E-state index in [-0.39, 0.29) is 5.75 Å². The van der Waals surface area contributed by atoms with Gasteiger partial charge in [0.05, 0.1) is 5.70 Å². The van der Waals surface area contributed by atoms with Crippen molar-refractivity contribution in [1.82, 2.24) is 0 Å². The van der Waals surface area contributed by atoms with Gasteiger partial charge in [0.15, 0.2) is 0 Å². The fourth-order valence-electron chi connectivity index (χ4n) is 0.808. The highest BCUT2D eigenvalue weighted by molar-refractivity contribution is 5.67. The molecule has 1 rings (SSSR count). The van der Waals surface area contributed by atoms with E-state index >= 15 is 0 Å². The third-order valence-corrected chi connectivity index (χ3v) is 1.39. The Bertz CT molecular complexity index is 281. The summed E-state index contributed by atoms with van der Waals surface area (Å²) in [5.41, 5.74) is 11.6. The lowest BCUT2D eigenvalue weighted by Gasteiger charge is -2.01. The van der Waals surface area contributed by atoms with Crippen LogP contribution in [0, 0.1) is 0 Å². The number of hydrogen-bond donors (Lipinski definition) is 3. The molecule has 0 radical (unpaired) electrons. The molecule has 3 nitrogen and oxygen atoms in total. The van der Waals surface area contributed by atoms with E-state index in [2.05, 4.69) is 0 Å². The number of benzene rings is 1. The summed E-state index contributed by atoms with van der Waals surface area (Å²) in [4.78, 5) is 0. The fourth-order valence-corrected chi connectivity index (χ4v) is 0.808. The van der Waals surface area contributed by atoms with E-state index in [1.165, 1.54) is 6.20 Å². The van der Waals surface area contributed by atoms with Gasteiger partial charge in [0.25, 0.3) is 0 Å². The second-order valence-electron chi connectivity index (χ2n) is 2.14. The lowest BCUT2D eigenvalue weighted by Crippen LogP contribution is -1.99. The predicted molar refractivity (Wildman–Crippen MR) is 44.5 cm³/mol. The molecule has 11 heavy (non-hydrogen) atoms. The molecule has 0 atom stereocenters. The number of phenols is 1. The minimum absolute atomic E-state index is 0.145. The Morgan fingerprint density at radius 3 is 2.55 bits per heavy atom. The minimum atomic E-state index is 0.145. The molecule has 1 aromatic carbocycles. The van der Waals surface area contributed by atoms with Crippen LogP contribution in [-0.2, 0) is 0 Å². The van der Waals surface area contributed by atoms with Gasteiger partial charge in [-0.2, -0.15) is 0 Å². The predicted octanol–water partition coefficient (Wildman–Crippen LogP) is 0.608. The van der Waals surface area contributed by atoms with Gasteiger partial charge >= 0.3 is 0 Å². The van der Waals surface area contributed by atoms with Crippen molar-refractivity contribution in [2.24, 2.45) is 11.5 Å². The van der Waals surface area contributed by atoms with Gasteiger partial charge in [0.2, 0.25) is 0 Å². The summed E-state index contributed by atoms with van der Waals surface area (Å²) in [7, 11) is 0. The fraction of sp³-hybridized carbons (Fsp3) is 0. The molecule has 5 N–H and O–H groups in total. The van der Waals surface area contributed by atoms with Crippen LogP contribution >= 0.6 is 0 Å². The lowest BCUT2D eigenvalue weighted by molar-refractivity contribution is 0.473. The van der Waals surface area contributed by atoms with E-state index in [1.807, 2.05) is 0 Å². The van der Waals surface area contributed by atoms with E-state index in [1.54, 1.807) is 24.3 Å². The first-order valence-corrected chi connectivity index (χ1v) is 3.21. The summed E-state index contributed by atoms with van der Waals surface area (Å²) in [6, 6.07) is 6.77. The Labute approximate surface area is 64.9 Å². The zero-order valence-corrected chi connectivity index (χ0v) is 5.99. The van der Waals surface area contributed by atoms with Crippen molar-refractivity contribution >= 4 is 5.70 Å². The van der Waals surface area contributed by atoms with Crippen LogP contribution in [0.4, 0.5) is 0 Å². The second-order valence-corrected chi connectivity index (χ2v) is 2.14. The zero-order chi connectivity index (χ0) is 8.27. The van der Waals surface area contributed by atoms with Crippen LogP contribution in [0.2, 0.25) is 0 Å². The number of phenolic OH excluding ortho intramolecular Hbond substituents is 1. The summed E-state index contributed by atoms with van der Waals surface area (Å²) < 4.78 is 0. The van der Waals surface area contributed by atoms with Crippen LogP contribution in [0.3, 0.4) is 0 Å². The normalized spacial score (nSPS) is 11.5. The molecule has 0 saturated heterocycles. The maximum Gasteiger partial charge on any atom is 0.124 e. The maximum absolute atomic E-state index is 9.24. The number of para-hydroxylation sites is 1. The summed E-state index contributed by atoms with van der Waals surface area (Å²) in [6.45, 7) is 0. The van der Waals surface area contributed by atoms with Gasteiger partial charge in [-0.3, -0.25) is 0 Å². The first kappa shape index (κ1) is 7.47. The van der Waals surface area contributed by atoms with Crippen LogP contribution in [-0.4, -0.2) is 5.11 Å². The van der Waals surface area contributed by atoms with Gasteiger partial charge in [-0.1, -0.05) is 12.1 Å². The molecule has 58 valence electrons. The molecule has 0 heterocycles. The molecule has 0 amide bonds. The first-order valence-electron chi connectivity index (χ1n) is 3.21. The lowest BCUT2D eigenvalue weighted by atomic mass is 10.1. The quantitative estimate of drug-likeness (QED) is 0.549. The van der Waals surface area contributed by atoms with Crippen molar-refractivity contribution in [1.29, 1.82) is 0 Å². The topological polar surface area (TPSA) is 72.3 Å². The number of rotatable bonds is 1. The Hall–Kier alpha value is -1.64. The van der Waals surface area contributed by atoms with Gasteiger partial charge in [-0.05, 0) is 12.1 Å². The van der Waals surface area contributed by atoms with Crippen molar-refractivity contribution in [2.75, 3.05) is 0 Å². The average Bonchev–Trinajstić information content (AvgIpc) is 2.04. The van der Waals surface area contributed by atoms with Crippen molar-refractivity contribution in [3.8, 4) is 5.75 Å². The van der Waals surface area contributed by atoms with E-state index < -0.39 is 0 Å².